The average molecular weight is 293 g/mol. The van der Waals surface area contributed by atoms with Crippen LogP contribution in [-0.2, 0) is 11.4 Å². The molecule has 0 radical (unpaired) electrons. The molecule has 4 nitrogen and oxygen atoms in total. The number of halogens is 1. The molecule has 1 aromatic heterocycles. The van der Waals surface area contributed by atoms with E-state index < -0.39 is 11.8 Å². The first-order valence-corrected chi connectivity index (χ1v) is 6.66. The van der Waals surface area contributed by atoms with Crippen LogP contribution in [0.4, 0.5) is 4.39 Å². The van der Waals surface area contributed by atoms with E-state index >= 15 is 0 Å². The number of hydrogen-bond donors (Lipinski definition) is 1. The van der Waals surface area contributed by atoms with Gasteiger partial charge in [-0.25, -0.2) is 14.2 Å². The molecule has 0 fully saturated rings. The van der Waals surface area contributed by atoms with E-state index in [0.717, 1.165) is 16.8 Å². The minimum atomic E-state index is -1.09. The number of nitrogens with zero attached hydrogens (tertiary/aromatic N) is 1. The quantitative estimate of drug-likeness (QED) is 0.860. The number of benzene rings is 1. The van der Waals surface area contributed by atoms with Crippen LogP contribution in [0.2, 0.25) is 0 Å². The van der Waals surface area contributed by atoms with Crippen molar-refractivity contribution in [1.29, 1.82) is 0 Å². The summed E-state index contributed by atoms with van der Waals surface area (Å²) in [5.74, 6) is -1.24. The molecule has 104 valence electrons. The van der Waals surface area contributed by atoms with Gasteiger partial charge in [-0.1, -0.05) is 0 Å². The maximum absolute atomic E-state index is 13.4. The van der Waals surface area contributed by atoms with Gasteiger partial charge in [0, 0.05) is 17.5 Å². The highest BCUT2D eigenvalue weighted by atomic mass is 32.1. The summed E-state index contributed by atoms with van der Waals surface area (Å²) in [5.41, 5.74) is 1.20. The lowest BCUT2D eigenvalue weighted by Gasteiger charge is -2.05. The first kappa shape index (κ1) is 14.2. The molecule has 20 heavy (non-hydrogen) atoms. The largest absolute Gasteiger partial charge is 0.487 e. The highest BCUT2D eigenvalue weighted by Gasteiger charge is 2.03. The second kappa shape index (κ2) is 6.29. The van der Waals surface area contributed by atoms with Crippen LogP contribution < -0.4 is 4.74 Å². The molecular formula is C14H12FNO3S. The highest BCUT2D eigenvalue weighted by molar-refractivity contribution is 7.09. The monoisotopic (exact) mass is 293 g/mol. The molecule has 0 spiro atoms. The number of carboxylic acid groups (broad SMARTS) is 1. The van der Waals surface area contributed by atoms with Gasteiger partial charge >= 0.3 is 5.97 Å². The molecule has 0 saturated carbocycles. The van der Waals surface area contributed by atoms with Crippen LogP contribution in [0.3, 0.4) is 0 Å². The highest BCUT2D eigenvalue weighted by Crippen LogP contribution is 2.19. The van der Waals surface area contributed by atoms with Crippen molar-refractivity contribution >= 4 is 23.4 Å². The standard InChI is InChI=1S/C14H12FNO3S/c1-9-16-12(8-20-9)7-19-13-5-10(2-3-14(17)18)4-11(15)6-13/h2-6,8H,7H2,1H3,(H,17,18)/b3-2+. The van der Waals surface area contributed by atoms with E-state index in [9.17, 15) is 9.18 Å². The zero-order valence-electron chi connectivity index (χ0n) is 10.7. The molecule has 2 aromatic rings. The number of hydrogen-bond acceptors (Lipinski definition) is 4. The molecule has 0 atom stereocenters. The molecule has 0 aliphatic carbocycles. The third-order valence-electron chi connectivity index (χ3n) is 2.37. The minimum Gasteiger partial charge on any atom is -0.487 e. The summed E-state index contributed by atoms with van der Waals surface area (Å²) in [6, 6.07) is 4.05. The molecule has 2 rings (SSSR count). The number of ether oxygens (including phenoxy) is 1. The summed E-state index contributed by atoms with van der Waals surface area (Å²) in [6.45, 7) is 2.14. The van der Waals surface area contributed by atoms with Crippen molar-refractivity contribution in [2.75, 3.05) is 0 Å². The summed E-state index contributed by atoms with van der Waals surface area (Å²) in [6.07, 6.45) is 2.26. The van der Waals surface area contributed by atoms with Gasteiger partial charge in [0.05, 0.1) is 10.7 Å². The smallest absolute Gasteiger partial charge is 0.328 e. The summed E-state index contributed by atoms with van der Waals surface area (Å²) >= 11 is 1.52. The van der Waals surface area contributed by atoms with Crippen LogP contribution in [0.15, 0.2) is 29.7 Å². The van der Waals surface area contributed by atoms with Gasteiger partial charge in [-0.2, -0.15) is 0 Å². The van der Waals surface area contributed by atoms with Crippen molar-refractivity contribution in [2.24, 2.45) is 0 Å². The van der Waals surface area contributed by atoms with Gasteiger partial charge in [0.1, 0.15) is 18.2 Å². The van der Waals surface area contributed by atoms with E-state index in [2.05, 4.69) is 4.98 Å². The van der Waals surface area contributed by atoms with E-state index in [1.807, 2.05) is 12.3 Å². The third-order valence-corrected chi connectivity index (χ3v) is 3.19. The fourth-order valence-electron chi connectivity index (χ4n) is 1.56. The second-order valence-corrected chi connectivity index (χ2v) is 5.10. The minimum absolute atomic E-state index is 0.246. The summed E-state index contributed by atoms with van der Waals surface area (Å²) < 4.78 is 18.9. The Morgan fingerprint density at radius 3 is 2.95 bits per heavy atom. The van der Waals surface area contributed by atoms with Crippen molar-refractivity contribution in [3.63, 3.8) is 0 Å². The van der Waals surface area contributed by atoms with Crippen LogP contribution >= 0.6 is 11.3 Å². The fourth-order valence-corrected chi connectivity index (χ4v) is 2.16. The summed E-state index contributed by atoms with van der Waals surface area (Å²) in [5, 5.41) is 11.4. The molecule has 0 aliphatic heterocycles. The Hall–Kier alpha value is -2.21. The Balaban J connectivity index is 2.09. The van der Waals surface area contributed by atoms with E-state index in [0.29, 0.717) is 11.3 Å². The van der Waals surface area contributed by atoms with Gasteiger partial charge in [-0.15, -0.1) is 11.3 Å². The van der Waals surface area contributed by atoms with Gasteiger partial charge in [-0.05, 0) is 30.7 Å². The fraction of sp³-hybridized carbons (Fsp3) is 0.143. The number of aryl methyl sites for hydroxylation is 1. The maximum Gasteiger partial charge on any atom is 0.328 e. The molecule has 0 amide bonds. The zero-order valence-corrected chi connectivity index (χ0v) is 11.5. The van der Waals surface area contributed by atoms with Crippen LogP contribution in [0.1, 0.15) is 16.3 Å². The molecule has 6 heteroatoms. The second-order valence-electron chi connectivity index (χ2n) is 4.04. The molecule has 0 unspecified atom stereocenters. The normalized spacial score (nSPS) is 10.9. The lowest BCUT2D eigenvalue weighted by atomic mass is 10.2. The number of carbonyl (C=O) groups is 1. The van der Waals surface area contributed by atoms with Crippen molar-refractivity contribution in [3.8, 4) is 5.75 Å². The van der Waals surface area contributed by atoms with Crippen molar-refractivity contribution in [1.82, 2.24) is 4.98 Å². The zero-order chi connectivity index (χ0) is 14.5. The number of thiazole rings is 1. The number of rotatable bonds is 5. The van der Waals surface area contributed by atoms with E-state index in [1.54, 1.807) is 6.07 Å². The summed E-state index contributed by atoms with van der Waals surface area (Å²) in [4.78, 5) is 14.7. The summed E-state index contributed by atoms with van der Waals surface area (Å²) in [7, 11) is 0. The predicted molar refractivity (Wildman–Crippen MR) is 74.3 cm³/mol. The van der Waals surface area contributed by atoms with Gasteiger partial charge in [0.2, 0.25) is 0 Å². The molecular weight excluding hydrogens is 281 g/mol. The first-order chi connectivity index (χ1) is 9.52. The Kier molecular flexibility index (Phi) is 4.47. The number of aromatic nitrogens is 1. The van der Waals surface area contributed by atoms with Gasteiger partial charge in [0.25, 0.3) is 0 Å². The van der Waals surface area contributed by atoms with Crippen LogP contribution in [0.5, 0.6) is 5.75 Å². The van der Waals surface area contributed by atoms with Crippen LogP contribution in [0, 0.1) is 12.7 Å². The van der Waals surface area contributed by atoms with Gasteiger partial charge in [0.15, 0.2) is 0 Å². The molecule has 1 aromatic carbocycles. The molecule has 0 bridgehead atoms. The molecule has 0 aliphatic rings. The van der Waals surface area contributed by atoms with E-state index in [1.165, 1.54) is 29.5 Å². The Bertz CT molecular complexity index is 652. The Morgan fingerprint density at radius 1 is 1.50 bits per heavy atom. The maximum atomic E-state index is 13.4. The topological polar surface area (TPSA) is 59.4 Å². The van der Waals surface area contributed by atoms with Crippen LogP contribution in [-0.4, -0.2) is 16.1 Å². The Labute approximate surface area is 119 Å². The van der Waals surface area contributed by atoms with Crippen molar-refractivity contribution < 1.29 is 19.0 Å². The van der Waals surface area contributed by atoms with E-state index in [4.69, 9.17) is 9.84 Å². The molecule has 1 heterocycles. The predicted octanol–water partition coefficient (Wildman–Crippen LogP) is 3.27. The number of aliphatic carboxylic acids is 1. The molecule has 0 saturated heterocycles. The first-order valence-electron chi connectivity index (χ1n) is 5.78. The molecule has 1 N–H and O–H groups in total. The van der Waals surface area contributed by atoms with Gasteiger partial charge in [-0.3, -0.25) is 0 Å². The van der Waals surface area contributed by atoms with E-state index in [-0.39, 0.29) is 6.61 Å². The lowest BCUT2D eigenvalue weighted by Crippen LogP contribution is -1.97. The third kappa shape index (κ3) is 4.17. The SMILES string of the molecule is Cc1nc(COc2cc(F)cc(/C=C/C(=O)O)c2)cs1. The number of carboxylic acids is 1. The van der Waals surface area contributed by atoms with Gasteiger partial charge < -0.3 is 9.84 Å². The van der Waals surface area contributed by atoms with Crippen molar-refractivity contribution in [2.45, 2.75) is 13.5 Å². The Morgan fingerprint density at radius 2 is 2.30 bits per heavy atom. The van der Waals surface area contributed by atoms with Crippen molar-refractivity contribution in [3.05, 3.63) is 51.7 Å². The lowest BCUT2D eigenvalue weighted by molar-refractivity contribution is -0.131. The van der Waals surface area contributed by atoms with Crippen LogP contribution in [0.25, 0.3) is 6.08 Å². The average Bonchev–Trinajstić information content (AvgIpc) is 2.79.